The van der Waals surface area contributed by atoms with Gasteiger partial charge in [-0.3, -0.25) is 0 Å². The Morgan fingerprint density at radius 1 is 1.67 bits per heavy atom. The van der Waals surface area contributed by atoms with Gasteiger partial charge in [-0.15, -0.1) is 0 Å². The van der Waals surface area contributed by atoms with Crippen LogP contribution in [0.3, 0.4) is 0 Å². The molecule has 0 aromatic carbocycles. The summed E-state index contributed by atoms with van der Waals surface area (Å²) in [4.78, 5) is 0. The molecule has 1 aliphatic carbocycles. The Balaban J connectivity index is 2.40. The maximum atomic E-state index is 8.56. The molecular weight excluding hydrogens is 110 g/mol. The number of hydrogen-bond donors (Lipinski definition) is 0. The Morgan fingerprint density at radius 3 is 2.56 bits per heavy atom. The molecule has 0 heterocycles. The van der Waals surface area contributed by atoms with E-state index in [1.807, 2.05) is 0 Å². The van der Waals surface area contributed by atoms with Crippen LogP contribution >= 0.6 is 0 Å². The van der Waals surface area contributed by atoms with Crippen LogP contribution in [0.15, 0.2) is 0 Å². The fraction of sp³-hybridized carbons (Fsp3) is 0.875. The van der Waals surface area contributed by atoms with E-state index in [0.29, 0.717) is 11.8 Å². The molecule has 50 valence electrons. The first-order chi connectivity index (χ1) is 4.29. The maximum Gasteiger partial charge on any atom is 0.0658 e. The first-order valence-corrected chi connectivity index (χ1v) is 3.69. The fourth-order valence-electron chi connectivity index (χ4n) is 1.79. The van der Waals surface area contributed by atoms with Crippen LogP contribution in [0.2, 0.25) is 0 Å². The molecule has 0 aliphatic heterocycles. The third-order valence-electron chi connectivity index (χ3n) is 2.51. The average Bonchev–Trinajstić information content (AvgIpc) is 1.83. The molecule has 3 atom stereocenters. The summed E-state index contributed by atoms with van der Waals surface area (Å²) < 4.78 is 0. The van der Waals surface area contributed by atoms with E-state index < -0.39 is 0 Å². The summed E-state index contributed by atoms with van der Waals surface area (Å²) in [5, 5.41) is 8.56. The second kappa shape index (κ2) is 2.39. The van der Waals surface area contributed by atoms with Gasteiger partial charge in [-0.05, 0) is 18.3 Å². The van der Waals surface area contributed by atoms with E-state index in [9.17, 15) is 0 Å². The fourth-order valence-corrected chi connectivity index (χ4v) is 1.79. The molecule has 0 spiro atoms. The van der Waals surface area contributed by atoms with Crippen molar-refractivity contribution in [2.45, 2.75) is 26.7 Å². The summed E-state index contributed by atoms with van der Waals surface area (Å²) in [7, 11) is 0. The van der Waals surface area contributed by atoms with Gasteiger partial charge in [0.05, 0.1) is 6.07 Å². The third-order valence-corrected chi connectivity index (χ3v) is 2.51. The zero-order valence-electron chi connectivity index (χ0n) is 6.09. The highest BCUT2D eigenvalue weighted by Gasteiger charge is 2.36. The van der Waals surface area contributed by atoms with Crippen molar-refractivity contribution in [3.63, 3.8) is 0 Å². The summed E-state index contributed by atoms with van der Waals surface area (Å²) in [5.41, 5.74) is 0. The van der Waals surface area contributed by atoms with Gasteiger partial charge in [-0.2, -0.15) is 5.26 Å². The Hall–Kier alpha value is -0.510. The summed E-state index contributed by atoms with van der Waals surface area (Å²) in [5.74, 6) is 1.89. The van der Waals surface area contributed by atoms with Crippen molar-refractivity contribution < 1.29 is 0 Å². The minimum Gasteiger partial charge on any atom is -0.198 e. The molecule has 0 amide bonds. The van der Waals surface area contributed by atoms with Crippen LogP contribution in [0.5, 0.6) is 0 Å². The molecule has 1 nitrogen and oxygen atoms in total. The van der Waals surface area contributed by atoms with Crippen molar-refractivity contribution >= 4 is 0 Å². The van der Waals surface area contributed by atoms with Gasteiger partial charge in [-0.25, -0.2) is 0 Å². The predicted molar refractivity (Wildman–Crippen MR) is 36.7 cm³/mol. The lowest BCUT2D eigenvalue weighted by Crippen LogP contribution is -2.33. The van der Waals surface area contributed by atoms with Gasteiger partial charge >= 0.3 is 0 Å². The van der Waals surface area contributed by atoms with Crippen LogP contribution in [-0.4, -0.2) is 0 Å². The summed E-state index contributed by atoms with van der Waals surface area (Å²) in [6.07, 6.45) is 2.31. The Morgan fingerprint density at radius 2 is 2.33 bits per heavy atom. The largest absolute Gasteiger partial charge is 0.198 e. The predicted octanol–water partition coefficient (Wildman–Crippen LogP) is 2.19. The molecule has 0 radical (unpaired) electrons. The minimum atomic E-state index is 0.380. The molecule has 0 aromatic rings. The van der Waals surface area contributed by atoms with E-state index >= 15 is 0 Å². The van der Waals surface area contributed by atoms with Crippen LogP contribution in [0, 0.1) is 29.1 Å². The molecule has 0 saturated heterocycles. The molecule has 0 bridgehead atoms. The Bertz CT molecular complexity index is 134. The van der Waals surface area contributed by atoms with Gasteiger partial charge in [0, 0.05) is 5.92 Å². The highest BCUT2D eigenvalue weighted by Crippen LogP contribution is 2.41. The van der Waals surface area contributed by atoms with E-state index in [1.54, 1.807) is 0 Å². The lowest BCUT2D eigenvalue weighted by Gasteiger charge is -2.38. The topological polar surface area (TPSA) is 23.8 Å². The first kappa shape index (κ1) is 6.61. The monoisotopic (exact) mass is 123 g/mol. The van der Waals surface area contributed by atoms with Gasteiger partial charge in [0.2, 0.25) is 0 Å². The maximum absolute atomic E-state index is 8.56. The Kier molecular flexibility index (Phi) is 1.75. The van der Waals surface area contributed by atoms with Gasteiger partial charge < -0.3 is 0 Å². The normalized spacial score (nSPS) is 41.2. The molecule has 0 N–H and O–H groups in total. The highest BCUT2D eigenvalue weighted by molar-refractivity contribution is 4.98. The number of nitriles is 1. The lowest BCUT2D eigenvalue weighted by atomic mass is 9.65. The standard InChI is InChI=1S/C8H13N/c1-3-8-6(2)4-7(8)5-9/h6-8H,3-4H2,1-2H3. The first-order valence-electron chi connectivity index (χ1n) is 3.69. The van der Waals surface area contributed by atoms with Crippen LogP contribution in [0.4, 0.5) is 0 Å². The zero-order valence-corrected chi connectivity index (χ0v) is 6.09. The number of nitrogens with zero attached hydrogens (tertiary/aromatic N) is 1. The van der Waals surface area contributed by atoms with Crippen molar-refractivity contribution in [3.8, 4) is 6.07 Å². The molecule has 9 heavy (non-hydrogen) atoms. The quantitative estimate of drug-likeness (QED) is 0.524. The van der Waals surface area contributed by atoms with Crippen molar-refractivity contribution in [2.75, 3.05) is 0 Å². The third kappa shape index (κ3) is 0.941. The molecule has 1 saturated carbocycles. The van der Waals surface area contributed by atoms with Crippen molar-refractivity contribution in [2.24, 2.45) is 17.8 Å². The van der Waals surface area contributed by atoms with Crippen LogP contribution in [-0.2, 0) is 0 Å². The van der Waals surface area contributed by atoms with Crippen molar-refractivity contribution in [3.05, 3.63) is 0 Å². The van der Waals surface area contributed by atoms with Crippen molar-refractivity contribution in [1.82, 2.24) is 0 Å². The number of hydrogen-bond acceptors (Lipinski definition) is 1. The minimum absolute atomic E-state index is 0.380. The summed E-state index contributed by atoms with van der Waals surface area (Å²) in [6, 6.07) is 2.33. The van der Waals surface area contributed by atoms with Crippen LogP contribution in [0.25, 0.3) is 0 Å². The highest BCUT2D eigenvalue weighted by atomic mass is 14.4. The number of rotatable bonds is 1. The molecule has 1 rings (SSSR count). The van der Waals surface area contributed by atoms with E-state index in [2.05, 4.69) is 19.9 Å². The second-order valence-electron chi connectivity index (χ2n) is 3.02. The van der Waals surface area contributed by atoms with Gasteiger partial charge in [-0.1, -0.05) is 20.3 Å². The second-order valence-corrected chi connectivity index (χ2v) is 3.02. The van der Waals surface area contributed by atoms with Gasteiger partial charge in [0.25, 0.3) is 0 Å². The van der Waals surface area contributed by atoms with Gasteiger partial charge in [0.1, 0.15) is 0 Å². The summed E-state index contributed by atoms with van der Waals surface area (Å²) in [6.45, 7) is 4.41. The molecule has 0 aromatic heterocycles. The summed E-state index contributed by atoms with van der Waals surface area (Å²) >= 11 is 0. The van der Waals surface area contributed by atoms with E-state index in [1.165, 1.54) is 6.42 Å². The molecule has 3 unspecified atom stereocenters. The van der Waals surface area contributed by atoms with E-state index in [-0.39, 0.29) is 0 Å². The smallest absolute Gasteiger partial charge is 0.0658 e. The lowest BCUT2D eigenvalue weighted by molar-refractivity contribution is 0.127. The van der Waals surface area contributed by atoms with Crippen LogP contribution in [0.1, 0.15) is 26.7 Å². The average molecular weight is 123 g/mol. The van der Waals surface area contributed by atoms with E-state index in [4.69, 9.17) is 5.26 Å². The molecule has 1 fully saturated rings. The van der Waals surface area contributed by atoms with Crippen LogP contribution < -0.4 is 0 Å². The Labute approximate surface area is 56.7 Å². The molecular formula is C8H13N. The van der Waals surface area contributed by atoms with E-state index in [0.717, 1.165) is 12.3 Å². The molecule has 1 heteroatoms. The molecule has 1 aliphatic rings. The zero-order chi connectivity index (χ0) is 6.85. The van der Waals surface area contributed by atoms with Gasteiger partial charge in [0.15, 0.2) is 0 Å². The SMILES string of the molecule is CCC1C(C)CC1C#N. The van der Waals surface area contributed by atoms with Crippen molar-refractivity contribution in [1.29, 1.82) is 5.26 Å².